The van der Waals surface area contributed by atoms with Crippen LogP contribution in [0.25, 0.3) is 0 Å². The van der Waals surface area contributed by atoms with Crippen LogP contribution >= 0.6 is 23.6 Å². The standard InChI is InChI=1S/C13H13FN2OS2/c1-7-8(2)19-13(17)16(7)6-9-3-4-11(14)10(5-9)12(15)18/h3-5H,6H2,1-2H3,(H2,15,18). The first-order valence-corrected chi connectivity index (χ1v) is 6.87. The third-order valence-electron chi connectivity index (χ3n) is 3.01. The molecule has 6 heteroatoms. The van der Waals surface area contributed by atoms with Crippen LogP contribution in [0.5, 0.6) is 0 Å². The van der Waals surface area contributed by atoms with Gasteiger partial charge in [-0.1, -0.05) is 29.6 Å². The summed E-state index contributed by atoms with van der Waals surface area (Å²) in [7, 11) is 0. The Labute approximate surface area is 119 Å². The fourth-order valence-corrected chi connectivity index (χ4v) is 2.80. The van der Waals surface area contributed by atoms with Crippen LogP contribution in [-0.2, 0) is 6.54 Å². The monoisotopic (exact) mass is 296 g/mol. The minimum absolute atomic E-state index is 0.0174. The Morgan fingerprint density at radius 3 is 2.68 bits per heavy atom. The highest BCUT2D eigenvalue weighted by atomic mass is 32.1. The Morgan fingerprint density at radius 2 is 2.16 bits per heavy atom. The van der Waals surface area contributed by atoms with Crippen molar-refractivity contribution in [3.8, 4) is 0 Å². The van der Waals surface area contributed by atoms with Crippen LogP contribution < -0.4 is 10.6 Å². The number of nitrogens with two attached hydrogens (primary N) is 1. The SMILES string of the molecule is Cc1sc(=O)n(Cc2ccc(F)c(C(N)=S)c2)c1C. The minimum Gasteiger partial charge on any atom is -0.389 e. The molecule has 0 fully saturated rings. The Bertz CT molecular complexity index is 703. The first-order chi connectivity index (χ1) is 8.90. The second kappa shape index (κ2) is 5.22. The molecular formula is C13H13FN2OS2. The van der Waals surface area contributed by atoms with Gasteiger partial charge in [0.1, 0.15) is 10.8 Å². The summed E-state index contributed by atoms with van der Waals surface area (Å²) in [5.74, 6) is -0.443. The Kier molecular flexibility index (Phi) is 3.82. The van der Waals surface area contributed by atoms with Gasteiger partial charge in [0, 0.05) is 16.1 Å². The van der Waals surface area contributed by atoms with Crippen molar-refractivity contribution in [1.82, 2.24) is 4.57 Å². The van der Waals surface area contributed by atoms with Gasteiger partial charge in [-0.25, -0.2) is 4.39 Å². The van der Waals surface area contributed by atoms with Gasteiger partial charge in [-0.3, -0.25) is 9.36 Å². The lowest BCUT2D eigenvalue weighted by molar-refractivity contribution is 0.623. The number of hydrogen-bond acceptors (Lipinski definition) is 3. The Balaban J connectivity index is 2.42. The molecule has 19 heavy (non-hydrogen) atoms. The summed E-state index contributed by atoms with van der Waals surface area (Å²) < 4.78 is 15.2. The number of hydrogen-bond donors (Lipinski definition) is 1. The molecule has 2 rings (SSSR count). The molecule has 0 saturated heterocycles. The lowest BCUT2D eigenvalue weighted by Gasteiger charge is -2.08. The molecule has 1 aromatic heterocycles. The van der Waals surface area contributed by atoms with Crippen molar-refractivity contribution in [2.75, 3.05) is 0 Å². The van der Waals surface area contributed by atoms with E-state index < -0.39 is 5.82 Å². The van der Waals surface area contributed by atoms with Gasteiger partial charge in [0.25, 0.3) is 0 Å². The highest BCUT2D eigenvalue weighted by Gasteiger charge is 2.10. The van der Waals surface area contributed by atoms with E-state index in [4.69, 9.17) is 18.0 Å². The van der Waals surface area contributed by atoms with Crippen LogP contribution in [0.15, 0.2) is 23.0 Å². The number of halogens is 1. The van der Waals surface area contributed by atoms with Gasteiger partial charge in [-0.2, -0.15) is 0 Å². The van der Waals surface area contributed by atoms with E-state index in [0.717, 1.165) is 16.1 Å². The van der Waals surface area contributed by atoms with Gasteiger partial charge in [0.2, 0.25) is 0 Å². The van der Waals surface area contributed by atoms with E-state index in [1.165, 1.54) is 17.4 Å². The predicted octanol–water partition coefficient (Wildman–Crippen LogP) is 2.35. The second-order valence-electron chi connectivity index (χ2n) is 4.27. The van der Waals surface area contributed by atoms with E-state index in [1.807, 2.05) is 13.8 Å². The van der Waals surface area contributed by atoms with Gasteiger partial charge >= 0.3 is 4.87 Å². The molecule has 0 bridgehead atoms. The fourth-order valence-electron chi connectivity index (χ4n) is 1.81. The van der Waals surface area contributed by atoms with Gasteiger partial charge in [-0.05, 0) is 31.5 Å². The van der Waals surface area contributed by atoms with E-state index >= 15 is 0 Å². The number of benzene rings is 1. The maximum atomic E-state index is 13.5. The van der Waals surface area contributed by atoms with E-state index in [0.29, 0.717) is 6.54 Å². The molecule has 2 N–H and O–H groups in total. The maximum Gasteiger partial charge on any atom is 0.307 e. The number of rotatable bonds is 3. The van der Waals surface area contributed by atoms with Crippen LogP contribution in [0.2, 0.25) is 0 Å². The molecule has 0 atom stereocenters. The smallest absolute Gasteiger partial charge is 0.307 e. The summed E-state index contributed by atoms with van der Waals surface area (Å²) in [6.45, 7) is 4.19. The molecule has 0 aliphatic carbocycles. The molecule has 2 aromatic rings. The zero-order valence-corrected chi connectivity index (χ0v) is 12.2. The van der Waals surface area contributed by atoms with Gasteiger partial charge in [0.15, 0.2) is 0 Å². The normalized spacial score (nSPS) is 10.7. The second-order valence-corrected chi connectivity index (χ2v) is 5.88. The highest BCUT2D eigenvalue weighted by molar-refractivity contribution is 7.80. The largest absolute Gasteiger partial charge is 0.389 e. The zero-order chi connectivity index (χ0) is 14.2. The summed E-state index contributed by atoms with van der Waals surface area (Å²) >= 11 is 6.01. The quantitative estimate of drug-likeness (QED) is 0.885. The van der Waals surface area contributed by atoms with Crippen LogP contribution in [0.3, 0.4) is 0 Å². The summed E-state index contributed by atoms with van der Waals surface area (Å²) in [5, 5.41) is 0. The number of thiazole rings is 1. The topological polar surface area (TPSA) is 48.0 Å². The third-order valence-corrected chi connectivity index (χ3v) is 4.23. The van der Waals surface area contributed by atoms with Gasteiger partial charge in [-0.15, -0.1) is 0 Å². The Morgan fingerprint density at radius 1 is 1.47 bits per heavy atom. The van der Waals surface area contributed by atoms with Crippen molar-refractivity contribution < 1.29 is 4.39 Å². The predicted molar refractivity (Wildman–Crippen MR) is 79.4 cm³/mol. The molecule has 0 spiro atoms. The van der Waals surface area contributed by atoms with Crippen molar-refractivity contribution in [2.45, 2.75) is 20.4 Å². The molecular weight excluding hydrogens is 283 g/mol. The molecule has 3 nitrogen and oxygen atoms in total. The summed E-state index contributed by atoms with van der Waals surface area (Å²) in [6.07, 6.45) is 0. The van der Waals surface area contributed by atoms with Crippen molar-refractivity contribution in [3.05, 3.63) is 55.4 Å². The third kappa shape index (κ3) is 2.74. The fraction of sp³-hybridized carbons (Fsp3) is 0.231. The summed E-state index contributed by atoms with van der Waals surface area (Å²) in [4.78, 5) is 12.8. The number of thiocarbonyl (C=S) groups is 1. The minimum atomic E-state index is -0.443. The van der Waals surface area contributed by atoms with Crippen LogP contribution in [0, 0.1) is 19.7 Å². The summed E-state index contributed by atoms with van der Waals surface area (Å²) in [5.41, 5.74) is 7.40. The van der Waals surface area contributed by atoms with Crippen LogP contribution in [0.1, 0.15) is 21.7 Å². The van der Waals surface area contributed by atoms with Crippen molar-refractivity contribution >= 4 is 28.5 Å². The molecule has 100 valence electrons. The number of nitrogens with zero attached hydrogens (tertiary/aromatic N) is 1. The van der Waals surface area contributed by atoms with Crippen LogP contribution in [-0.4, -0.2) is 9.56 Å². The molecule has 0 radical (unpaired) electrons. The highest BCUT2D eigenvalue weighted by Crippen LogP contribution is 2.15. The van der Waals surface area contributed by atoms with Gasteiger partial charge < -0.3 is 5.73 Å². The van der Waals surface area contributed by atoms with Crippen molar-refractivity contribution in [3.63, 3.8) is 0 Å². The lowest BCUT2D eigenvalue weighted by Crippen LogP contribution is -2.17. The Hall–Kier alpha value is -1.53. The van der Waals surface area contributed by atoms with E-state index in [1.54, 1.807) is 16.7 Å². The maximum absolute atomic E-state index is 13.5. The molecule has 1 aromatic carbocycles. The molecule has 0 amide bonds. The van der Waals surface area contributed by atoms with E-state index in [2.05, 4.69) is 0 Å². The van der Waals surface area contributed by atoms with Crippen LogP contribution in [0.4, 0.5) is 4.39 Å². The average molecular weight is 296 g/mol. The molecule has 1 heterocycles. The zero-order valence-electron chi connectivity index (χ0n) is 10.6. The molecule has 0 unspecified atom stereocenters. The number of aromatic nitrogens is 1. The number of aryl methyl sites for hydroxylation is 1. The first-order valence-electron chi connectivity index (χ1n) is 5.65. The molecule has 0 aliphatic heterocycles. The lowest BCUT2D eigenvalue weighted by atomic mass is 10.1. The first kappa shape index (κ1) is 13.9. The van der Waals surface area contributed by atoms with Crippen molar-refractivity contribution in [1.29, 1.82) is 0 Å². The average Bonchev–Trinajstić information content (AvgIpc) is 2.58. The molecule has 0 saturated carbocycles. The molecule has 0 aliphatic rings. The summed E-state index contributed by atoms with van der Waals surface area (Å²) in [6, 6.07) is 4.55. The van der Waals surface area contributed by atoms with Gasteiger partial charge in [0.05, 0.1) is 6.54 Å². The van der Waals surface area contributed by atoms with E-state index in [-0.39, 0.29) is 15.4 Å². The van der Waals surface area contributed by atoms with Crippen molar-refractivity contribution in [2.24, 2.45) is 5.73 Å². The van der Waals surface area contributed by atoms with E-state index in [9.17, 15) is 9.18 Å².